The van der Waals surface area contributed by atoms with E-state index in [4.69, 9.17) is 4.99 Å². The Kier molecular flexibility index (Phi) is 5.07. The standard InChI is InChI=1S/C28H21N3O3S/c1-17-6-4-7-18(14-17)15-24-27(32)30-26(20-9-5-10-21(16-20)31(33)34)23-13-12-19-8-2-3-11-22(19)25(23)29-28(30)35-24/h2-11,14-16,26H,12-13H2,1H3/b24-15-/t26-/m0/s1. The number of hydrogen-bond acceptors (Lipinski definition) is 5. The first kappa shape index (κ1) is 21.4. The number of allylic oxidation sites excluding steroid dienone is 1. The van der Waals surface area contributed by atoms with E-state index in [1.165, 1.54) is 23.0 Å². The van der Waals surface area contributed by atoms with Crippen LogP contribution >= 0.6 is 11.3 Å². The number of nitro groups is 1. The van der Waals surface area contributed by atoms with Gasteiger partial charge in [-0.15, -0.1) is 0 Å². The van der Waals surface area contributed by atoms with Crippen LogP contribution in [-0.2, 0) is 6.42 Å². The summed E-state index contributed by atoms with van der Waals surface area (Å²) in [5.74, 6) is 0. The molecule has 1 aromatic heterocycles. The Morgan fingerprint density at radius 2 is 1.89 bits per heavy atom. The van der Waals surface area contributed by atoms with Crippen LogP contribution in [0.3, 0.4) is 0 Å². The fourth-order valence-corrected chi connectivity index (χ4v) is 6.04. The quantitative estimate of drug-likeness (QED) is 0.320. The van der Waals surface area contributed by atoms with E-state index in [-0.39, 0.29) is 11.2 Å². The SMILES string of the molecule is Cc1cccc(/C=c2\sc3n(c2=O)[C@@H](c2cccc([N+](=O)[O-])c2)C2=C(N=3)c3ccccc3CC2)c1. The van der Waals surface area contributed by atoms with Gasteiger partial charge in [0.1, 0.15) is 0 Å². The summed E-state index contributed by atoms with van der Waals surface area (Å²) in [4.78, 5) is 30.5. The first-order chi connectivity index (χ1) is 17.0. The highest BCUT2D eigenvalue weighted by molar-refractivity contribution is 7.07. The van der Waals surface area contributed by atoms with E-state index in [2.05, 4.69) is 12.1 Å². The molecular weight excluding hydrogens is 458 g/mol. The Balaban J connectivity index is 1.64. The normalized spacial score (nSPS) is 16.8. The number of aryl methyl sites for hydroxylation is 2. The topological polar surface area (TPSA) is 77.5 Å². The van der Waals surface area contributed by atoms with Gasteiger partial charge >= 0.3 is 0 Å². The molecule has 6 rings (SSSR count). The minimum absolute atomic E-state index is 0.0137. The average Bonchev–Trinajstić information content (AvgIpc) is 3.17. The summed E-state index contributed by atoms with van der Waals surface area (Å²) in [6.07, 6.45) is 3.48. The van der Waals surface area contributed by atoms with Crippen LogP contribution in [-0.4, -0.2) is 9.49 Å². The van der Waals surface area contributed by atoms with Crippen molar-refractivity contribution < 1.29 is 4.92 Å². The van der Waals surface area contributed by atoms with Crippen molar-refractivity contribution in [2.45, 2.75) is 25.8 Å². The molecule has 7 heteroatoms. The maximum atomic E-state index is 13.8. The van der Waals surface area contributed by atoms with Gasteiger partial charge in [0.15, 0.2) is 4.80 Å². The predicted molar refractivity (Wildman–Crippen MR) is 137 cm³/mol. The van der Waals surface area contributed by atoms with Crippen molar-refractivity contribution in [1.82, 2.24) is 4.57 Å². The Morgan fingerprint density at radius 3 is 2.71 bits per heavy atom. The first-order valence-corrected chi connectivity index (χ1v) is 12.3. The van der Waals surface area contributed by atoms with Crippen LogP contribution in [0.15, 0.2) is 88.2 Å². The first-order valence-electron chi connectivity index (χ1n) is 11.4. The largest absolute Gasteiger partial charge is 0.272 e. The van der Waals surface area contributed by atoms with Crippen LogP contribution < -0.4 is 14.9 Å². The van der Waals surface area contributed by atoms with Gasteiger partial charge in [0.2, 0.25) is 0 Å². The van der Waals surface area contributed by atoms with Crippen LogP contribution in [0.2, 0.25) is 0 Å². The molecule has 0 saturated heterocycles. The number of nitro benzene ring substituents is 1. The van der Waals surface area contributed by atoms with E-state index in [9.17, 15) is 14.9 Å². The van der Waals surface area contributed by atoms with Gasteiger partial charge < -0.3 is 0 Å². The molecule has 0 spiro atoms. The van der Waals surface area contributed by atoms with Crippen LogP contribution in [0, 0.1) is 17.0 Å². The Morgan fingerprint density at radius 1 is 1.06 bits per heavy atom. The summed E-state index contributed by atoms with van der Waals surface area (Å²) in [6, 6.07) is 22.4. The van der Waals surface area contributed by atoms with E-state index in [0.717, 1.165) is 46.4 Å². The lowest BCUT2D eigenvalue weighted by atomic mass is 9.83. The van der Waals surface area contributed by atoms with Gasteiger partial charge in [-0.05, 0) is 48.1 Å². The van der Waals surface area contributed by atoms with Gasteiger partial charge in [0, 0.05) is 17.7 Å². The fraction of sp³-hybridized carbons (Fsp3) is 0.143. The molecule has 6 nitrogen and oxygen atoms in total. The molecule has 0 unspecified atom stereocenters. The van der Waals surface area contributed by atoms with Gasteiger partial charge in [0.05, 0.1) is 21.2 Å². The second-order valence-electron chi connectivity index (χ2n) is 8.88. The molecule has 0 bridgehead atoms. The van der Waals surface area contributed by atoms with Crippen molar-refractivity contribution in [2.24, 2.45) is 4.99 Å². The zero-order chi connectivity index (χ0) is 24.1. The van der Waals surface area contributed by atoms with Crippen LogP contribution in [0.4, 0.5) is 5.69 Å². The van der Waals surface area contributed by atoms with Crippen molar-refractivity contribution in [3.63, 3.8) is 0 Å². The molecule has 172 valence electrons. The summed E-state index contributed by atoms with van der Waals surface area (Å²) in [5, 5.41) is 11.5. The minimum Gasteiger partial charge on any atom is -0.272 e. The third-order valence-electron chi connectivity index (χ3n) is 6.61. The van der Waals surface area contributed by atoms with E-state index in [1.54, 1.807) is 16.7 Å². The predicted octanol–water partition coefficient (Wildman–Crippen LogP) is 4.54. The molecule has 0 fully saturated rings. The molecule has 0 radical (unpaired) electrons. The summed E-state index contributed by atoms with van der Waals surface area (Å²) < 4.78 is 2.32. The zero-order valence-corrected chi connectivity index (χ0v) is 19.8. The smallest absolute Gasteiger partial charge is 0.271 e. The highest BCUT2D eigenvalue weighted by Gasteiger charge is 2.33. The van der Waals surface area contributed by atoms with Crippen LogP contribution in [0.1, 0.15) is 40.3 Å². The second-order valence-corrected chi connectivity index (χ2v) is 9.89. The van der Waals surface area contributed by atoms with Crippen LogP contribution in [0.25, 0.3) is 11.8 Å². The molecule has 0 saturated carbocycles. The van der Waals surface area contributed by atoms with Crippen LogP contribution in [0.5, 0.6) is 0 Å². The lowest BCUT2D eigenvalue weighted by molar-refractivity contribution is -0.384. The number of thiazole rings is 1. The summed E-state index contributed by atoms with van der Waals surface area (Å²) >= 11 is 1.36. The van der Waals surface area contributed by atoms with Gasteiger partial charge in [-0.3, -0.25) is 19.5 Å². The van der Waals surface area contributed by atoms with Gasteiger partial charge in [-0.2, -0.15) is 0 Å². The number of benzene rings is 3. The molecule has 0 amide bonds. The lowest BCUT2D eigenvalue weighted by Crippen LogP contribution is -2.38. The third-order valence-corrected chi connectivity index (χ3v) is 7.59. The van der Waals surface area contributed by atoms with E-state index in [0.29, 0.717) is 9.33 Å². The van der Waals surface area contributed by atoms with E-state index in [1.807, 2.05) is 55.5 Å². The van der Waals surface area contributed by atoms with Crippen molar-refractivity contribution in [3.05, 3.63) is 136 Å². The molecule has 0 N–H and O–H groups in total. The van der Waals surface area contributed by atoms with Crippen molar-refractivity contribution in [3.8, 4) is 0 Å². The zero-order valence-electron chi connectivity index (χ0n) is 19.0. The highest BCUT2D eigenvalue weighted by atomic mass is 32.1. The number of fused-ring (bicyclic) bond motifs is 3. The molecule has 3 aromatic carbocycles. The minimum atomic E-state index is -0.436. The third kappa shape index (κ3) is 3.65. The number of aromatic nitrogens is 1. The summed E-state index contributed by atoms with van der Waals surface area (Å²) in [6.45, 7) is 2.02. The summed E-state index contributed by atoms with van der Waals surface area (Å²) in [5.41, 5.74) is 6.89. The average molecular weight is 480 g/mol. The maximum Gasteiger partial charge on any atom is 0.271 e. The number of rotatable bonds is 3. The van der Waals surface area contributed by atoms with E-state index >= 15 is 0 Å². The number of nitrogens with zero attached hydrogens (tertiary/aromatic N) is 3. The van der Waals surface area contributed by atoms with E-state index < -0.39 is 11.0 Å². The number of non-ortho nitro benzene ring substituents is 1. The Bertz CT molecular complexity index is 1730. The maximum absolute atomic E-state index is 13.8. The molecule has 1 aliphatic heterocycles. The molecule has 2 aliphatic rings. The summed E-state index contributed by atoms with van der Waals surface area (Å²) in [7, 11) is 0. The highest BCUT2D eigenvalue weighted by Crippen LogP contribution is 2.41. The molecule has 35 heavy (non-hydrogen) atoms. The van der Waals surface area contributed by atoms with Crippen molar-refractivity contribution in [1.29, 1.82) is 0 Å². The molecular formula is C28H21N3O3S. The molecule has 4 aromatic rings. The van der Waals surface area contributed by atoms with Crippen molar-refractivity contribution >= 4 is 28.8 Å². The molecule has 1 atom stereocenters. The monoisotopic (exact) mass is 479 g/mol. The number of hydrogen-bond donors (Lipinski definition) is 0. The lowest BCUT2D eigenvalue weighted by Gasteiger charge is -2.30. The molecule has 2 heterocycles. The Hall–Kier alpha value is -4.10. The van der Waals surface area contributed by atoms with Gasteiger partial charge in [0.25, 0.3) is 11.2 Å². The molecule has 1 aliphatic carbocycles. The second kappa shape index (κ2) is 8.29. The Labute approximate surface area is 205 Å². The van der Waals surface area contributed by atoms with Crippen molar-refractivity contribution in [2.75, 3.05) is 0 Å². The fourth-order valence-electron chi connectivity index (χ4n) is 5.04. The van der Waals surface area contributed by atoms with Gasteiger partial charge in [-0.25, -0.2) is 4.99 Å². The van der Waals surface area contributed by atoms with Gasteiger partial charge in [-0.1, -0.05) is 77.6 Å².